The summed E-state index contributed by atoms with van der Waals surface area (Å²) in [7, 11) is 0. The molecule has 16 heavy (non-hydrogen) atoms. The van der Waals surface area contributed by atoms with Gasteiger partial charge in [0.15, 0.2) is 0 Å². The SMILES string of the molecule is C[C@@H]1CN2CCCC2CN1Cc1cccs1. The predicted molar refractivity (Wildman–Crippen MR) is 68.8 cm³/mol. The second kappa shape index (κ2) is 4.47. The first-order chi connectivity index (χ1) is 7.83. The molecule has 0 saturated carbocycles. The first-order valence-corrected chi connectivity index (χ1v) is 7.21. The summed E-state index contributed by atoms with van der Waals surface area (Å²) in [6, 6.07) is 5.99. The number of rotatable bonds is 2. The highest BCUT2D eigenvalue weighted by molar-refractivity contribution is 7.09. The van der Waals surface area contributed by atoms with Crippen LogP contribution in [0.3, 0.4) is 0 Å². The molecule has 0 spiro atoms. The van der Waals surface area contributed by atoms with Gasteiger partial charge in [-0.2, -0.15) is 0 Å². The van der Waals surface area contributed by atoms with Gasteiger partial charge in [0.05, 0.1) is 0 Å². The molecule has 2 fully saturated rings. The molecule has 1 unspecified atom stereocenters. The molecule has 0 bridgehead atoms. The van der Waals surface area contributed by atoms with Crippen molar-refractivity contribution in [3.63, 3.8) is 0 Å². The van der Waals surface area contributed by atoms with Gasteiger partial charge in [-0.1, -0.05) is 6.07 Å². The zero-order chi connectivity index (χ0) is 11.0. The van der Waals surface area contributed by atoms with Gasteiger partial charge in [-0.15, -0.1) is 11.3 Å². The fourth-order valence-corrected chi connectivity index (χ4v) is 3.80. The first kappa shape index (κ1) is 10.8. The van der Waals surface area contributed by atoms with Crippen LogP contribution >= 0.6 is 11.3 Å². The Morgan fingerprint density at radius 3 is 3.19 bits per heavy atom. The Kier molecular flexibility index (Phi) is 3.01. The molecule has 88 valence electrons. The third-order valence-electron chi connectivity index (χ3n) is 4.01. The third-order valence-corrected chi connectivity index (χ3v) is 4.87. The Balaban J connectivity index is 1.66. The van der Waals surface area contributed by atoms with E-state index in [4.69, 9.17) is 0 Å². The third kappa shape index (κ3) is 2.04. The quantitative estimate of drug-likeness (QED) is 0.778. The molecular formula is C13H20N2S. The highest BCUT2D eigenvalue weighted by atomic mass is 32.1. The van der Waals surface area contributed by atoms with Crippen LogP contribution in [-0.4, -0.2) is 41.5 Å². The van der Waals surface area contributed by atoms with E-state index in [2.05, 4.69) is 34.2 Å². The summed E-state index contributed by atoms with van der Waals surface area (Å²) in [5.41, 5.74) is 0. The number of thiophene rings is 1. The van der Waals surface area contributed by atoms with Crippen LogP contribution in [0.25, 0.3) is 0 Å². The molecular weight excluding hydrogens is 216 g/mol. The summed E-state index contributed by atoms with van der Waals surface area (Å²) < 4.78 is 0. The van der Waals surface area contributed by atoms with E-state index >= 15 is 0 Å². The van der Waals surface area contributed by atoms with Gasteiger partial charge in [-0.05, 0) is 37.8 Å². The molecule has 0 radical (unpaired) electrons. The molecule has 1 aromatic rings. The van der Waals surface area contributed by atoms with Crippen molar-refractivity contribution in [1.82, 2.24) is 9.80 Å². The summed E-state index contributed by atoms with van der Waals surface area (Å²) in [5.74, 6) is 0. The molecule has 1 aromatic heterocycles. The Bertz CT molecular complexity index is 336. The smallest absolute Gasteiger partial charge is 0.0331 e. The minimum absolute atomic E-state index is 0.719. The lowest BCUT2D eigenvalue weighted by molar-refractivity contribution is 0.0547. The highest BCUT2D eigenvalue weighted by Gasteiger charge is 2.34. The van der Waals surface area contributed by atoms with Crippen molar-refractivity contribution in [2.75, 3.05) is 19.6 Å². The largest absolute Gasteiger partial charge is 0.298 e. The monoisotopic (exact) mass is 236 g/mol. The molecule has 3 heteroatoms. The summed E-state index contributed by atoms with van der Waals surface area (Å²) >= 11 is 1.89. The molecule has 0 amide bonds. The molecule has 3 rings (SSSR count). The summed E-state index contributed by atoms with van der Waals surface area (Å²) in [6.45, 7) is 7.42. The fourth-order valence-electron chi connectivity index (χ4n) is 3.07. The van der Waals surface area contributed by atoms with E-state index in [0.717, 1.165) is 18.6 Å². The summed E-state index contributed by atoms with van der Waals surface area (Å²) in [4.78, 5) is 6.87. The molecule has 2 aliphatic heterocycles. The first-order valence-electron chi connectivity index (χ1n) is 6.33. The fraction of sp³-hybridized carbons (Fsp3) is 0.692. The normalized spacial score (nSPS) is 31.8. The molecule has 3 heterocycles. The van der Waals surface area contributed by atoms with Gasteiger partial charge in [0.25, 0.3) is 0 Å². The van der Waals surface area contributed by atoms with Gasteiger partial charge in [0, 0.05) is 36.6 Å². The lowest BCUT2D eigenvalue weighted by Gasteiger charge is -2.42. The number of nitrogens with zero attached hydrogens (tertiary/aromatic N) is 2. The van der Waals surface area contributed by atoms with Crippen molar-refractivity contribution in [2.45, 2.75) is 38.4 Å². The zero-order valence-corrected chi connectivity index (χ0v) is 10.7. The van der Waals surface area contributed by atoms with E-state index in [1.807, 2.05) is 11.3 Å². The van der Waals surface area contributed by atoms with Crippen LogP contribution in [-0.2, 0) is 6.54 Å². The average molecular weight is 236 g/mol. The Morgan fingerprint density at radius 2 is 2.38 bits per heavy atom. The number of fused-ring (bicyclic) bond motifs is 1. The lowest BCUT2D eigenvalue weighted by Crippen LogP contribution is -2.54. The molecule has 2 atom stereocenters. The van der Waals surface area contributed by atoms with Crippen molar-refractivity contribution in [3.8, 4) is 0 Å². The van der Waals surface area contributed by atoms with Gasteiger partial charge in [0.1, 0.15) is 0 Å². The minimum Gasteiger partial charge on any atom is -0.298 e. The van der Waals surface area contributed by atoms with Crippen LogP contribution in [0, 0.1) is 0 Å². The van der Waals surface area contributed by atoms with Gasteiger partial charge in [0.2, 0.25) is 0 Å². The maximum absolute atomic E-state index is 2.69. The standard InChI is InChI=1S/C13H20N2S/c1-11-8-14-6-2-4-12(14)9-15(11)10-13-5-3-7-16-13/h3,5,7,11-12H,2,4,6,8-10H2,1H3/t11-,12?/m1/s1. The average Bonchev–Trinajstić information content (AvgIpc) is 2.89. The van der Waals surface area contributed by atoms with E-state index < -0.39 is 0 Å². The molecule has 0 aromatic carbocycles. The lowest BCUT2D eigenvalue weighted by atomic mass is 10.1. The van der Waals surface area contributed by atoms with Gasteiger partial charge in [-0.3, -0.25) is 9.80 Å². The second-order valence-corrected chi connectivity index (χ2v) is 6.18. The van der Waals surface area contributed by atoms with E-state index in [0.29, 0.717) is 0 Å². The number of piperazine rings is 1. The maximum Gasteiger partial charge on any atom is 0.0331 e. The van der Waals surface area contributed by atoms with Crippen LogP contribution in [0.5, 0.6) is 0 Å². The van der Waals surface area contributed by atoms with E-state index in [-0.39, 0.29) is 0 Å². The molecule has 0 aliphatic carbocycles. The second-order valence-electron chi connectivity index (χ2n) is 5.15. The zero-order valence-electron chi connectivity index (χ0n) is 9.93. The molecule has 0 N–H and O–H groups in total. The highest BCUT2D eigenvalue weighted by Crippen LogP contribution is 2.26. The molecule has 2 nitrogen and oxygen atoms in total. The van der Waals surface area contributed by atoms with Gasteiger partial charge < -0.3 is 0 Å². The number of hydrogen-bond acceptors (Lipinski definition) is 3. The van der Waals surface area contributed by atoms with Crippen molar-refractivity contribution in [2.24, 2.45) is 0 Å². The van der Waals surface area contributed by atoms with E-state index in [1.165, 1.54) is 37.4 Å². The van der Waals surface area contributed by atoms with Crippen molar-refractivity contribution in [1.29, 1.82) is 0 Å². The summed E-state index contributed by atoms with van der Waals surface area (Å²) in [5, 5.41) is 2.19. The van der Waals surface area contributed by atoms with Gasteiger partial charge >= 0.3 is 0 Å². The Hall–Kier alpha value is -0.380. The van der Waals surface area contributed by atoms with Crippen LogP contribution in [0.4, 0.5) is 0 Å². The van der Waals surface area contributed by atoms with E-state index in [1.54, 1.807) is 0 Å². The van der Waals surface area contributed by atoms with Crippen molar-refractivity contribution >= 4 is 11.3 Å². The Morgan fingerprint density at radius 1 is 1.44 bits per heavy atom. The molecule has 2 aliphatic rings. The summed E-state index contributed by atoms with van der Waals surface area (Å²) in [6.07, 6.45) is 2.82. The maximum atomic E-state index is 2.69. The minimum atomic E-state index is 0.719. The topological polar surface area (TPSA) is 6.48 Å². The van der Waals surface area contributed by atoms with Crippen LogP contribution in [0.2, 0.25) is 0 Å². The van der Waals surface area contributed by atoms with Crippen LogP contribution in [0.15, 0.2) is 17.5 Å². The van der Waals surface area contributed by atoms with Crippen LogP contribution < -0.4 is 0 Å². The van der Waals surface area contributed by atoms with Crippen molar-refractivity contribution in [3.05, 3.63) is 22.4 Å². The predicted octanol–water partition coefficient (Wildman–Crippen LogP) is 2.42. The van der Waals surface area contributed by atoms with Crippen LogP contribution in [0.1, 0.15) is 24.6 Å². The number of hydrogen-bond donors (Lipinski definition) is 0. The van der Waals surface area contributed by atoms with E-state index in [9.17, 15) is 0 Å². The van der Waals surface area contributed by atoms with Gasteiger partial charge in [-0.25, -0.2) is 0 Å². The molecule has 2 saturated heterocycles. The Labute approximate surface area is 102 Å². The van der Waals surface area contributed by atoms with Crippen molar-refractivity contribution < 1.29 is 0 Å².